The van der Waals surface area contributed by atoms with E-state index in [0.29, 0.717) is 28.4 Å². The summed E-state index contributed by atoms with van der Waals surface area (Å²) in [6, 6.07) is 27.1. The zero-order valence-corrected chi connectivity index (χ0v) is 18.3. The van der Waals surface area contributed by atoms with Crippen LogP contribution in [0.1, 0.15) is 17.3 Å². The highest BCUT2D eigenvalue weighted by molar-refractivity contribution is 6.02. The Morgan fingerprint density at radius 2 is 1.48 bits per heavy atom. The second-order valence-electron chi connectivity index (χ2n) is 7.21. The number of esters is 1. The third-order valence-electron chi connectivity index (χ3n) is 5.01. The molecule has 0 radical (unpaired) electrons. The van der Waals surface area contributed by atoms with Gasteiger partial charge in [0.05, 0.1) is 30.3 Å². The van der Waals surface area contributed by atoms with Gasteiger partial charge >= 0.3 is 5.97 Å². The zero-order valence-electron chi connectivity index (χ0n) is 18.3. The number of hydrogen-bond donors (Lipinski definition) is 0. The first-order valence-electron chi connectivity index (χ1n) is 10.3. The van der Waals surface area contributed by atoms with Crippen LogP contribution in [0.3, 0.4) is 0 Å². The first kappa shape index (κ1) is 21.8. The molecular weight excluding hydrogens is 416 g/mol. The molecule has 0 saturated carbocycles. The largest absolute Gasteiger partial charge is 0.497 e. The molecule has 0 N–H and O–H groups in total. The molecule has 3 aromatic carbocycles. The van der Waals surface area contributed by atoms with Crippen LogP contribution in [0.2, 0.25) is 0 Å². The van der Waals surface area contributed by atoms with Gasteiger partial charge in [-0.2, -0.15) is 0 Å². The minimum atomic E-state index is -0.538. The Balaban J connectivity index is 1.82. The number of amides is 1. The molecule has 0 unspecified atom stereocenters. The van der Waals surface area contributed by atoms with Crippen molar-refractivity contribution in [3.63, 3.8) is 0 Å². The van der Waals surface area contributed by atoms with Crippen molar-refractivity contribution in [2.75, 3.05) is 12.0 Å². The Hall–Kier alpha value is -4.45. The van der Waals surface area contributed by atoms with Gasteiger partial charge in [-0.1, -0.05) is 48.5 Å². The summed E-state index contributed by atoms with van der Waals surface area (Å²) in [4.78, 5) is 31.5. The molecular formula is C27H22N2O4. The average Bonchev–Trinajstić information content (AvgIpc) is 2.86. The van der Waals surface area contributed by atoms with E-state index in [1.165, 1.54) is 18.0 Å². The van der Waals surface area contributed by atoms with Gasteiger partial charge in [-0.3, -0.25) is 14.7 Å². The minimum absolute atomic E-state index is 0.176. The Morgan fingerprint density at radius 1 is 0.848 bits per heavy atom. The minimum Gasteiger partial charge on any atom is -0.497 e. The Bertz CT molecular complexity index is 1260. The maximum Gasteiger partial charge on any atom is 0.343 e. The van der Waals surface area contributed by atoms with E-state index in [9.17, 15) is 9.59 Å². The number of pyridine rings is 1. The Kier molecular flexibility index (Phi) is 6.45. The van der Waals surface area contributed by atoms with Crippen molar-refractivity contribution in [1.82, 2.24) is 4.98 Å². The van der Waals surface area contributed by atoms with Crippen LogP contribution in [0.25, 0.3) is 11.3 Å². The summed E-state index contributed by atoms with van der Waals surface area (Å²) in [5.74, 6) is 0.0546. The Morgan fingerprint density at radius 3 is 2.09 bits per heavy atom. The highest BCUT2D eigenvalue weighted by Crippen LogP contribution is 2.37. The van der Waals surface area contributed by atoms with Crippen LogP contribution in [0.15, 0.2) is 97.2 Å². The number of nitrogens with zero attached hydrogens (tertiary/aromatic N) is 2. The maximum absolute atomic E-state index is 12.8. The van der Waals surface area contributed by atoms with Crippen molar-refractivity contribution in [3.8, 4) is 22.8 Å². The number of benzene rings is 3. The van der Waals surface area contributed by atoms with Crippen LogP contribution in [0, 0.1) is 0 Å². The lowest BCUT2D eigenvalue weighted by Crippen LogP contribution is -2.24. The van der Waals surface area contributed by atoms with Gasteiger partial charge < -0.3 is 9.47 Å². The predicted molar refractivity (Wildman–Crippen MR) is 127 cm³/mol. The fourth-order valence-electron chi connectivity index (χ4n) is 3.41. The van der Waals surface area contributed by atoms with Crippen molar-refractivity contribution >= 4 is 23.3 Å². The molecule has 33 heavy (non-hydrogen) atoms. The molecule has 4 aromatic rings. The van der Waals surface area contributed by atoms with E-state index >= 15 is 0 Å². The van der Waals surface area contributed by atoms with E-state index in [1.807, 2.05) is 36.4 Å². The summed E-state index contributed by atoms with van der Waals surface area (Å²) in [5, 5.41) is 0. The van der Waals surface area contributed by atoms with Gasteiger partial charge in [0.2, 0.25) is 5.91 Å². The first-order valence-corrected chi connectivity index (χ1v) is 10.3. The van der Waals surface area contributed by atoms with E-state index < -0.39 is 5.97 Å². The second kappa shape index (κ2) is 9.78. The van der Waals surface area contributed by atoms with Crippen molar-refractivity contribution < 1.29 is 19.1 Å². The number of aromatic nitrogens is 1. The molecule has 0 bridgehead atoms. The number of carbonyl (C=O) groups excluding carboxylic acids is 2. The summed E-state index contributed by atoms with van der Waals surface area (Å²) in [6.07, 6.45) is 1.47. The number of hydrogen-bond acceptors (Lipinski definition) is 5. The SMILES string of the molecule is COc1ccc(N(C(C)=O)c2cc(-c3ccccc3)ncc2OC(=O)c2ccccc2)cc1. The van der Waals surface area contributed by atoms with Gasteiger partial charge in [-0.25, -0.2) is 4.79 Å². The van der Waals surface area contributed by atoms with Crippen molar-refractivity contribution in [2.24, 2.45) is 0 Å². The van der Waals surface area contributed by atoms with E-state index in [0.717, 1.165) is 5.56 Å². The number of ether oxygens (including phenoxy) is 2. The smallest absolute Gasteiger partial charge is 0.343 e. The normalized spacial score (nSPS) is 10.4. The quantitative estimate of drug-likeness (QED) is 0.363. The standard InChI is InChI=1S/C27H22N2O4/c1-19(30)29(22-13-15-23(32-2)16-14-22)25-17-24(20-9-5-3-6-10-20)28-18-26(25)33-27(31)21-11-7-4-8-12-21/h3-18H,1-2H3. The molecule has 1 amide bonds. The molecule has 0 aliphatic heterocycles. The lowest BCUT2D eigenvalue weighted by molar-refractivity contribution is -0.115. The van der Waals surface area contributed by atoms with Crippen LogP contribution in [-0.4, -0.2) is 24.0 Å². The molecule has 6 heteroatoms. The van der Waals surface area contributed by atoms with Crippen LogP contribution >= 0.6 is 0 Å². The van der Waals surface area contributed by atoms with Gasteiger partial charge in [0.15, 0.2) is 5.75 Å². The molecule has 1 aromatic heterocycles. The summed E-state index contributed by atoms with van der Waals surface area (Å²) < 4.78 is 10.9. The molecule has 0 fully saturated rings. The molecule has 0 spiro atoms. The Labute approximate surface area is 192 Å². The van der Waals surface area contributed by atoms with Crippen LogP contribution in [-0.2, 0) is 4.79 Å². The summed E-state index contributed by atoms with van der Waals surface area (Å²) in [6.45, 7) is 1.45. The number of anilines is 2. The van der Waals surface area contributed by atoms with E-state index in [4.69, 9.17) is 9.47 Å². The van der Waals surface area contributed by atoms with Gasteiger partial charge in [0, 0.05) is 18.2 Å². The molecule has 0 aliphatic rings. The fraction of sp³-hybridized carbons (Fsp3) is 0.0741. The van der Waals surface area contributed by atoms with Gasteiger partial charge in [0.1, 0.15) is 5.75 Å². The molecule has 0 saturated heterocycles. The van der Waals surface area contributed by atoms with E-state index in [1.54, 1.807) is 61.7 Å². The van der Waals surface area contributed by atoms with Gasteiger partial charge in [0.25, 0.3) is 0 Å². The third-order valence-corrected chi connectivity index (χ3v) is 5.01. The molecule has 164 valence electrons. The predicted octanol–water partition coefficient (Wildman–Crippen LogP) is 5.66. The zero-order chi connectivity index (χ0) is 23.2. The van der Waals surface area contributed by atoms with Crippen LogP contribution in [0.4, 0.5) is 11.4 Å². The lowest BCUT2D eigenvalue weighted by Gasteiger charge is -2.24. The van der Waals surface area contributed by atoms with E-state index in [2.05, 4.69) is 4.98 Å². The van der Waals surface area contributed by atoms with Gasteiger partial charge in [-0.05, 0) is 42.5 Å². The summed E-state index contributed by atoms with van der Waals surface area (Å²) in [5.41, 5.74) is 2.92. The van der Waals surface area contributed by atoms with Crippen LogP contribution in [0.5, 0.6) is 11.5 Å². The molecule has 1 heterocycles. The molecule has 0 aliphatic carbocycles. The monoisotopic (exact) mass is 438 g/mol. The first-order chi connectivity index (χ1) is 16.1. The third kappa shape index (κ3) is 4.91. The van der Waals surface area contributed by atoms with Crippen molar-refractivity contribution in [2.45, 2.75) is 6.92 Å². The second-order valence-corrected chi connectivity index (χ2v) is 7.21. The van der Waals surface area contributed by atoms with Crippen molar-refractivity contribution in [3.05, 3.63) is 103 Å². The lowest BCUT2D eigenvalue weighted by atomic mass is 10.1. The van der Waals surface area contributed by atoms with Crippen LogP contribution < -0.4 is 14.4 Å². The molecule has 6 nitrogen and oxygen atoms in total. The summed E-state index contributed by atoms with van der Waals surface area (Å²) in [7, 11) is 1.58. The van der Waals surface area contributed by atoms with E-state index in [-0.39, 0.29) is 11.7 Å². The summed E-state index contributed by atoms with van der Waals surface area (Å²) >= 11 is 0. The average molecular weight is 438 g/mol. The maximum atomic E-state index is 12.8. The molecule has 0 atom stereocenters. The topological polar surface area (TPSA) is 68.7 Å². The highest BCUT2D eigenvalue weighted by atomic mass is 16.5. The van der Waals surface area contributed by atoms with Gasteiger partial charge in [-0.15, -0.1) is 0 Å². The fourth-order valence-corrected chi connectivity index (χ4v) is 3.41. The number of carbonyl (C=O) groups is 2. The highest BCUT2D eigenvalue weighted by Gasteiger charge is 2.22. The molecule has 4 rings (SSSR count). The number of methoxy groups -OCH3 is 1. The number of rotatable bonds is 6. The van der Waals surface area contributed by atoms with Crippen molar-refractivity contribution in [1.29, 1.82) is 0 Å².